The SMILES string of the molecule is Cn1cc2cc(Nc3cc(=O)n(Cc4nn[nH]n4)c(=O)n3Cc3cc(F)c(F)cc3F)c(Cl)cc2n1. The molecule has 0 radical (unpaired) electrons. The van der Waals surface area contributed by atoms with Crippen LogP contribution in [0.25, 0.3) is 10.9 Å². The second-order valence-corrected chi connectivity index (χ2v) is 8.23. The van der Waals surface area contributed by atoms with Crippen molar-refractivity contribution in [2.24, 2.45) is 7.05 Å². The maximum Gasteiger partial charge on any atom is 0.333 e. The highest BCUT2D eigenvalue weighted by molar-refractivity contribution is 6.34. The molecule has 15 heteroatoms. The first kappa shape index (κ1) is 23.3. The zero-order valence-corrected chi connectivity index (χ0v) is 19.1. The highest BCUT2D eigenvalue weighted by Crippen LogP contribution is 2.30. The van der Waals surface area contributed by atoms with Gasteiger partial charge < -0.3 is 5.32 Å². The Bertz CT molecular complexity index is 1730. The number of anilines is 2. The first-order valence-corrected chi connectivity index (χ1v) is 10.7. The third kappa shape index (κ3) is 4.33. The molecule has 0 aliphatic carbocycles. The fourth-order valence-corrected chi connectivity index (χ4v) is 3.87. The Morgan fingerprint density at radius 2 is 1.78 bits per heavy atom. The first-order chi connectivity index (χ1) is 17.2. The summed E-state index contributed by atoms with van der Waals surface area (Å²) in [5.41, 5.74) is -1.00. The molecule has 36 heavy (non-hydrogen) atoms. The van der Waals surface area contributed by atoms with E-state index in [0.717, 1.165) is 20.6 Å². The van der Waals surface area contributed by atoms with E-state index in [0.29, 0.717) is 23.3 Å². The van der Waals surface area contributed by atoms with E-state index in [4.69, 9.17) is 11.6 Å². The van der Waals surface area contributed by atoms with Crippen LogP contribution < -0.4 is 16.6 Å². The molecule has 0 bridgehead atoms. The van der Waals surface area contributed by atoms with Gasteiger partial charge in [-0.05, 0) is 18.2 Å². The number of hydrogen-bond donors (Lipinski definition) is 2. The first-order valence-electron chi connectivity index (χ1n) is 10.3. The van der Waals surface area contributed by atoms with Crippen molar-refractivity contribution < 1.29 is 13.2 Å². The average molecular weight is 518 g/mol. The van der Waals surface area contributed by atoms with E-state index in [-0.39, 0.29) is 28.8 Å². The van der Waals surface area contributed by atoms with Gasteiger partial charge in [0.25, 0.3) is 5.56 Å². The molecule has 184 valence electrons. The number of fused-ring (bicyclic) bond motifs is 1. The van der Waals surface area contributed by atoms with Gasteiger partial charge in [0.15, 0.2) is 17.5 Å². The lowest BCUT2D eigenvalue weighted by Gasteiger charge is -2.17. The van der Waals surface area contributed by atoms with Gasteiger partial charge in [-0.1, -0.05) is 16.8 Å². The van der Waals surface area contributed by atoms with E-state index in [9.17, 15) is 22.8 Å². The van der Waals surface area contributed by atoms with Crippen molar-refractivity contribution in [3.05, 3.63) is 91.2 Å². The number of halogens is 4. The van der Waals surface area contributed by atoms with Gasteiger partial charge in [0.05, 0.1) is 29.3 Å². The van der Waals surface area contributed by atoms with E-state index < -0.39 is 35.2 Å². The molecule has 0 aliphatic heterocycles. The molecule has 0 spiro atoms. The zero-order valence-electron chi connectivity index (χ0n) is 18.3. The molecule has 11 nitrogen and oxygen atoms in total. The molecular formula is C21H15ClF3N9O2. The minimum atomic E-state index is -1.37. The van der Waals surface area contributed by atoms with Crippen LogP contribution in [0.2, 0.25) is 5.02 Å². The summed E-state index contributed by atoms with van der Waals surface area (Å²) >= 11 is 6.38. The van der Waals surface area contributed by atoms with Crippen molar-refractivity contribution in [3.63, 3.8) is 0 Å². The fourth-order valence-electron chi connectivity index (χ4n) is 3.67. The Morgan fingerprint density at radius 1 is 1.00 bits per heavy atom. The highest BCUT2D eigenvalue weighted by atomic mass is 35.5. The molecule has 2 aromatic carbocycles. The largest absolute Gasteiger partial charge is 0.340 e. The van der Waals surface area contributed by atoms with Crippen LogP contribution in [-0.4, -0.2) is 39.5 Å². The summed E-state index contributed by atoms with van der Waals surface area (Å²) in [6, 6.07) is 5.36. The maximum atomic E-state index is 14.5. The Balaban J connectivity index is 1.65. The molecule has 5 aromatic rings. The van der Waals surface area contributed by atoms with Crippen LogP contribution in [0.4, 0.5) is 24.7 Å². The van der Waals surface area contributed by atoms with Crippen LogP contribution in [0.1, 0.15) is 11.4 Å². The van der Waals surface area contributed by atoms with Crippen molar-refractivity contribution in [3.8, 4) is 0 Å². The third-order valence-electron chi connectivity index (χ3n) is 5.36. The predicted molar refractivity (Wildman–Crippen MR) is 123 cm³/mol. The van der Waals surface area contributed by atoms with E-state index in [1.54, 1.807) is 30.1 Å². The molecule has 0 aliphatic rings. The molecular weight excluding hydrogens is 503 g/mol. The number of H-pyrrole nitrogens is 1. The quantitative estimate of drug-likeness (QED) is 0.331. The number of aromatic nitrogens is 8. The molecule has 0 unspecified atom stereocenters. The number of rotatable bonds is 6. The number of benzene rings is 2. The van der Waals surface area contributed by atoms with Gasteiger partial charge in [0.1, 0.15) is 11.6 Å². The monoisotopic (exact) mass is 517 g/mol. The van der Waals surface area contributed by atoms with Gasteiger partial charge >= 0.3 is 5.69 Å². The number of aryl methyl sites for hydroxylation is 1. The number of aromatic amines is 1. The lowest BCUT2D eigenvalue weighted by molar-refractivity contribution is 0.486. The molecule has 0 fully saturated rings. The zero-order chi connectivity index (χ0) is 25.6. The summed E-state index contributed by atoms with van der Waals surface area (Å²) in [6.07, 6.45) is 1.74. The van der Waals surface area contributed by atoms with Gasteiger partial charge in [-0.2, -0.15) is 10.3 Å². The second-order valence-electron chi connectivity index (χ2n) is 7.83. The topological polar surface area (TPSA) is 128 Å². The molecule has 3 aromatic heterocycles. The Hall–Kier alpha value is -4.46. The molecule has 2 N–H and O–H groups in total. The van der Waals surface area contributed by atoms with Crippen LogP contribution in [0, 0.1) is 17.5 Å². The normalized spacial score (nSPS) is 11.4. The smallest absolute Gasteiger partial charge is 0.333 e. The van der Waals surface area contributed by atoms with Crippen molar-refractivity contribution in [1.82, 2.24) is 39.5 Å². The number of tetrazole rings is 1. The molecule has 0 saturated carbocycles. The Labute approximate surface area is 203 Å². The predicted octanol–water partition coefficient (Wildman–Crippen LogP) is 2.32. The number of hydrogen-bond acceptors (Lipinski definition) is 7. The van der Waals surface area contributed by atoms with Crippen LogP contribution in [0.5, 0.6) is 0 Å². The van der Waals surface area contributed by atoms with Crippen molar-refractivity contribution in [2.45, 2.75) is 13.1 Å². The Morgan fingerprint density at radius 3 is 2.53 bits per heavy atom. The van der Waals surface area contributed by atoms with Gasteiger partial charge in [0.2, 0.25) is 0 Å². The summed E-state index contributed by atoms with van der Waals surface area (Å²) < 4.78 is 45.1. The number of nitrogens with zero attached hydrogens (tertiary/aromatic N) is 7. The molecule has 3 heterocycles. The van der Waals surface area contributed by atoms with Gasteiger partial charge in [0, 0.05) is 36.3 Å². The molecule has 0 amide bonds. The van der Waals surface area contributed by atoms with Crippen molar-refractivity contribution in [2.75, 3.05) is 5.32 Å². The minimum Gasteiger partial charge on any atom is -0.340 e. The van der Waals surface area contributed by atoms with Crippen LogP contribution in [0.3, 0.4) is 0 Å². The maximum absolute atomic E-state index is 14.5. The molecule has 0 saturated heterocycles. The van der Waals surface area contributed by atoms with Crippen LogP contribution >= 0.6 is 11.6 Å². The fraction of sp³-hybridized carbons (Fsp3) is 0.143. The summed E-state index contributed by atoms with van der Waals surface area (Å²) in [5, 5.41) is 21.2. The van der Waals surface area contributed by atoms with Crippen LogP contribution in [-0.2, 0) is 20.1 Å². The van der Waals surface area contributed by atoms with E-state index in [2.05, 4.69) is 31.0 Å². The van der Waals surface area contributed by atoms with Crippen molar-refractivity contribution in [1.29, 1.82) is 0 Å². The molecule has 0 atom stereocenters. The summed E-state index contributed by atoms with van der Waals surface area (Å²) in [4.78, 5) is 26.2. The Kier molecular flexibility index (Phi) is 5.80. The third-order valence-corrected chi connectivity index (χ3v) is 5.67. The minimum absolute atomic E-state index is 0.0468. The van der Waals surface area contributed by atoms with E-state index in [1.165, 1.54) is 0 Å². The summed E-state index contributed by atoms with van der Waals surface area (Å²) in [6.45, 7) is -0.874. The van der Waals surface area contributed by atoms with Gasteiger partial charge in [-0.15, -0.1) is 10.2 Å². The van der Waals surface area contributed by atoms with Crippen LogP contribution in [0.15, 0.2) is 46.1 Å². The highest BCUT2D eigenvalue weighted by Gasteiger charge is 2.18. The summed E-state index contributed by atoms with van der Waals surface area (Å²) in [7, 11) is 1.73. The van der Waals surface area contributed by atoms with Gasteiger partial charge in [-0.3, -0.25) is 18.6 Å². The number of nitrogens with one attached hydrogen (secondary N) is 2. The standard InChI is InChI=1S/C21H15ClF3N9O2/c1-32-7-11-3-17(12(22)4-16(11)29-32)26-19-6-20(35)34(9-18-27-30-31-28-18)21(36)33(19)8-10-2-14(24)15(25)5-13(10)23/h2-7,26H,8-9H2,1H3,(H,27,28,30,31). The average Bonchev–Trinajstić information content (AvgIpc) is 3.46. The van der Waals surface area contributed by atoms with E-state index in [1.807, 2.05) is 0 Å². The molecule has 5 rings (SSSR count). The van der Waals surface area contributed by atoms with E-state index >= 15 is 0 Å². The van der Waals surface area contributed by atoms with Crippen molar-refractivity contribution >= 4 is 34.0 Å². The lowest BCUT2D eigenvalue weighted by atomic mass is 10.2. The van der Waals surface area contributed by atoms with Gasteiger partial charge in [-0.25, -0.2) is 18.0 Å². The summed E-state index contributed by atoms with van der Waals surface area (Å²) in [5.74, 6) is -3.76. The second kappa shape index (κ2) is 8.96. The lowest BCUT2D eigenvalue weighted by Crippen LogP contribution is -2.41.